The van der Waals surface area contributed by atoms with Crippen LogP contribution in [0.2, 0.25) is 0 Å². The summed E-state index contributed by atoms with van der Waals surface area (Å²) in [6.45, 7) is 1.24. The third kappa shape index (κ3) is 4.17. The van der Waals surface area contributed by atoms with Gasteiger partial charge in [-0.3, -0.25) is 9.69 Å². The van der Waals surface area contributed by atoms with Gasteiger partial charge in [0.2, 0.25) is 15.9 Å². The minimum absolute atomic E-state index is 0.0754. The second-order valence-electron chi connectivity index (χ2n) is 8.34. The van der Waals surface area contributed by atoms with Crippen LogP contribution >= 0.6 is 11.3 Å². The van der Waals surface area contributed by atoms with E-state index in [0.717, 1.165) is 34.2 Å². The molecular weight excluding hydrogens is 446 g/mol. The summed E-state index contributed by atoms with van der Waals surface area (Å²) in [6, 6.07) is 14.7. The van der Waals surface area contributed by atoms with Gasteiger partial charge in [0.15, 0.2) is 5.13 Å². The fourth-order valence-electron chi connectivity index (χ4n) is 4.47. The number of nitrogens with zero attached hydrogens (tertiary/aromatic N) is 3. The van der Waals surface area contributed by atoms with Gasteiger partial charge in [-0.25, -0.2) is 13.4 Å². The molecule has 2 aliphatic heterocycles. The molecule has 1 amide bonds. The molecule has 0 N–H and O–H groups in total. The van der Waals surface area contributed by atoms with Crippen LogP contribution < -0.4 is 4.90 Å². The van der Waals surface area contributed by atoms with E-state index in [1.807, 2.05) is 48.5 Å². The van der Waals surface area contributed by atoms with Crippen molar-refractivity contribution in [1.82, 2.24) is 9.29 Å². The maximum absolute atomic E-state index is 14.0. The Morgan fingerprint density at radius 2 is 1.94 bits per heavy atom. The summed E-state index contributed by atoms with van der Waals surface area (Å²) in [7, 11) is -3.59. The number of rotatable bonds is 5. The van der Waals surface area contributed by atoms with Gasteiger partial charge in [0.25, 0.3) is 0 Å². The van der Waals surface area contributed by atoms with Crippen molar-refractivity contribution in [3.8, 4) is 0 Å². The number of aromatic nitrogens is 1. The SMILES string of the molecule is CS(=O)(=O)N1Cc2ccccc2CC1C(=O)N(CC1CCCO1)c1nc2ccccc2s1. The molecule has 3 aromatic rings. The normalized spacial score (nSPS) is 21.5. The monoisotopic (exact) mass is 471 g/mol. The van der Waals surface area contributed by atoms with Gasteiger partial charge in [-0.05, 0) is 42.5 Å². The van der Waals surface area contributed by atoms with Crippen molar-refractivity contribution in [1.29, 1.82) is 0 Å². The zero-order valence-electron chi connectivity index (χ0n) is 17.8. The average Bonchev–Trinajstić information content (AvgIpc) is 3.45. The molecule has 32 heavy (non-hydrogen) atoms. The predicted molar refractivity (Wildman–Crippen MR) is 125 cm³/mol. The Balaban J connectivity index is 1.54. The van der Waals surface area contributed by atoms with E-state index in [9.17, 15) is 13.2 Å². The maximum atomic E-state index is 14.0. The lowest BCUT2D eigenvalue weighted by Crippen LogP contribution is -2.54. The van der Waals surface area contributed by atoms with Gasteiger partial charge in [0.05, 0.1) is 29.1 Å². The van der Waals surface area contributed by atoms with Gasteiger partial charge in [-0.15, -0.1) is 0 Å². The lowest BCUT2D eigenvalue weighted by atomic mass is 9.95. The van der Waals surface area contributed by atoms with Crippen LogP contribution in [0.5, 0.6) is 0 Å². The third-order valence-electron chi connectivity index (χ3n) is 6.11. The van der Waals surface area contributed by atoms with E-state index in [1.165, 1.54) is 21.9 Å². The molecule has 168 valence electrons. The minimum atomic E-state index is -3.59. The van der Waals surface area contributed by atoms with Gasteiger partial charge in [-0.2, -0.15) is 4.31 Å². The quantitative estimate of drug-likeness (QED) is 0.571. The van der Waals surface area contributed by atoms with Gasteiger partial charge in [0.1, 0.15) is 6.04 Å². The van der Waals surface area contributed by atoms with E-state index in [4.69, 9.17) is 9.72 Å². The smallest absolute Gasteiger partial charge is 0.247 e. The fourth-order valence-corrected chi connectivity index (χ4v) is 6.45. The van der Waals surface area contributed by atoms with E-state index in [2.05, 4.69) is 0 Å². The van der Waals surface area contributed by atoms with Gasteiger partial charge in [-0.1, -0.05) is 47.7 Å². The van der Waals surface area contributed by atoms with E-state index >= 15 is 0 Å². The number of carbonyl (C=O) groups is 1. The number of amides is 1. The highest BCUT2D eigenvalue weighted by atomic mass is 32.2. The first-order valence-corrected chi connectivity index (χ1v) is 13.4. The number of fused-ring (bicyclic) bond motifs is 2. The Bertz CT molecular complexity index is 1220. The van der Waals surface area contributed by atoms with Crippen molar-refractivity contribution in [2.24, 2.45) is 0 Å². The number of ether oxygens (including phenoxy) is 1. The standard InChI is InChI=1S/C23H25N3O4S2/c1-32(28,29)26-14-17-8-3-2-7-16(17)13-20(26)22(27)25(15-18-9-6-12-30-18)23-24-19-10-4-5-11-21(19)31-23/h2-5,7-8,10-11,18,20H,6,9,12-15H2,1H3. The molecule has 1 saturated heterocycles. The molecule has 2 aromatic carbocycles. The number of benzene rings is 2. The molecular formula is C23H25N3O4S2. The van der Waals surface area contributed by atoms with Crippen LogP contribution in [0.15, 0.2) is 48.5 Å². The molecule has 0 radical (unpaired) electrons. The molecule has 0 saturated carbocycles. The topological polar surface area (TPSA) is 79.8 Å². The van der Waals surface area contributed by atoms with E-state index in [1.54, 1.807) is 4.90 Å². The molecule has 2 aliphatic rings. The lowest BCUT2D eigenvalue weighted by Gasteiger charge is -2.37. The molecule has 0 bridgehead atoms. The number of carbonyl (C=O) groups excluding carboxylic acids is 1. The number of thiazole rings is 1. The maximum Gasteiger partial charge on any atom is 0.247 e. The van der Waals surface area contributed by atoms with Crippen LogP contribution in [0.25, 0.3) is 10.2 Å². The summed E-state index contributed by atoms with van der Waals surface area (Å²) in [5.74, 6) is -0.250. The second-order valence-corrected chi connectivity index (χ2v) is 11.3. The van der Waals surface area contributed by atoms with Crippen molar-refractivity contribution < 1.29 is 17.9 Å². The Labute approximate surface area is 191 Å². The van der Waals surface area contributed by atoms with Crippen LogP contribution in [0.1, 0.15) is 24.0 Å². The molecule has 0 aliphatic carbocycles. The minimum Gasteiger partial charge on any atom is -0.376 e. The first-order chi connectivity index (χ1) is 15.4. The first kappa shape index (κ1) is 21.5. The van der Waals surface area contributed by atoms with Crippen LogP contribution in [-0.2, 0) is 32.5 Å². The number of hydrogen-bond donors (Lipinski definition) is 0. The second kappa shape index (κ2) is 8.55. The largest absolute Gasteiger partial charge is 0.376 e. The van der Waals surface area contributed by atoms with Crippen LogP contribution in [-0.4, -0.2) is 55.2 Å². The molecule has 0 spiro atoms. The summed E-state index contributed by atoms with van der Waals surface area (Å²) in [5.41, 5.74) is 2.77. The summed E-state index contributed by atoms with van der Waals surface area (Å²) in [5, 5.41) is 0.582. The Morgan fingerprint density at radius 3 is 2.66 bits per heavy atom. The highest BCUT2D eigenvalue weighted by Gasteiger charge is 2.40. The Hall–Kier alpha value is -2.33. The Morgan fingerprint density at radius 1 is 1.19 bits per heavy atom. The fraction of sp³-hybridized carbons (Fsp3) is 0.391. The van der Waals surface area contributed by atoms with Crippen LogP contribution in [0.4, 0.5) is 5.13 Å². The molecule has 3 heterocycles. The zero-order valence-corrected chi connectivity index (χ0v) is 19.4. The van der Waals surface area contributed by atoms with Crippen molar-refractivity contribution in [2.45, 2.75) is 38.0 Å². The number of anilines is 1. The lowest BCUT2D eigenvalue weighted by molar-refractivity contribution is -0.123. The molecule has 2 atom stereocenters. The van der Waals surface area contributed by atoms with Gasteiger partial charge < -0.3 is 4.74 Å². The molecule has 1 fully saturated rings. The van der Waals surface area contributed by atoms with Crippen LogP contribution in [0.3, 0.4) is 0 Å². The summed E-state index contributed by atoms with van der Waals surface area (Å²) >= 11 is 1.45. The van der Waals surface area contributed by atoms with E-state index < -0.39 is 16.1 Å². The Kier molecular flexibility index (Phi) is 5.75. The number of hydrogen-bond acceptors (Lipinski definition) is 6. The van der Waals surface area contributed by atoms with Crippen molar-refractivity contribution in [3.63, 3.8) is 0 Å². The number of para-hydroxylation sites is 1. The predicted octanol–water partition coefficient (Wildman–Crippen LogP) is 3.19. The summed E-state index contributed by atoms with van der Waals surface area (Å²) < 4.78 is 33.5. The molecule has 2 unspecified atom stereocenters. The van der Waals surface area contributed by atoms with Crippen LogP contribution in [0, 0.1) is 0 Å². The van der Waals surface area contributed by atoms with Gasteiger partial charge >= 0.3 is 0 Å². The van der Waals surface area contributed by atoms with Crippen molar-refractivity contribution in [2.75, 3.05) is 24.3 Å². The van der Waals surface area contributed by atoms with E-state index in [0.29, 0.717) is 24.7 Å². The van der Waals surface area contributed by atoms with Gasteiger partial charge in [0, 0.05) is 13.2 Å². The molecule has 7 nitrogen and oxygen atoms in total. The molecule has 5 rings (SSSR count). The third-order valence-corrected chi connectivity index (χ3v) is 8.40. The van der Waals surface area contributed by atoms with E-state index in [-0.39, 0.29) is 18.6 Å². The molecule has 1 aromatic heterocycles. The highest BCUT2D eigenvalue weighted by molar-refractivity contribution is 7.88. The zero-order chi connectivity index (χ0) is 22.3. The van der Waals surface area contributed by atoms with Crippen molar-refractivity contribution >= 4 is 42.6 Å². The average molecular weight is 472 g/mol. The number of sulfonamides is 1. The van der Waals surface area contributed by atoms with Crippen molar-refractivity contribution in [3.05, 3.63) is 59.7 Å². The summed E-state index contributed by atoms with van der Waals surface area (Å²) in [4.78, 5) is 20.3. The first-order valence-electron chi connectivity index (χ1n) is 10.7. The summed E-state index contributed by atoms with van der Waals surface area (Å²) in [6.07, 6.45) is 3.27. The molecule has 9 heteroatoms. The highest BCUT2D eigenvalue weighted by Crippen LogP contribution is 2.33.